The molecule has 0 bridgehead atoms. The van der Waals surface area contributed by atoms with Crippen LogP contribution in [0.1, 0.15) is 51.8 Å². The highest BCUT2D eigenvalue weighted by atomic mass is 32.1. The van der Waals surface area contributed by atoms with Gasteiger partial charge in [-0.2, -0.15) is 0 Å². The molecule has 1 aliphatic rings. The first-order chi connectivity index (χ1) is 12.1. The van der Waals surface area contributed by atoms with E-state index in [-0.39, 0.29) is 0 Å². The summed E-state index contributed by atoms with van der Waals surface area (Å²) < 4.78 is 1.21. The van der Waals surface area contributed by atoms with Crippen LogP contribution < -0.4 is 5.32 Å². The monoisotopic (exact) mass is 355 g/mol. The second-order valence-electron chi connectivity index (χ2n) is 6.57. The maximum atomic E-state index is 7.47. The summed E-state index contributed by atoms with van der Waals surface area (Å²) in [6, 6.07) is 4.11. The molecule has 0 saturated heterocycles. The van der Waals surface area contributed by atoms with Crippen LogP contribution in [-0.4, -0.2) is 24.3 Å². The Morgan fingerprint density at radius 2 is 2.16 bits per heavy atom. The zero-order chi connectivity index (χ0) is 18.2. The van der Waals surface area contributed by atoms with E-state index < -0.39 is 0 Å². The van der Waals surface area contributed by atoms with Gasteiger partial charge in [-0.3, -0.25) is 0 Å². The van der Waals surface area contributed by atoms with Crippen LogP contribution in [0.3, 0.4) is 0 Å². The van der Waals surface area contributed by atoms with Gasteiger partial charge in [-0.1, -0.05) is 39.3 Å². The summed E-state index contributed by atoms with van der Waals surface area (Å²) >= 11 is 1.74. The highest BCUT2D eigenvalue weighted by Crippen LogP contribution is 2.32. The molecule has 2 aromatic rings. The molecule has 0 amide bonds. The number of fused-ring (bicyclic) bond motifs is 1. The van der Waals surface area contributed by atoms with E-state index in [1.807, 2.05) is 19.1 Å². The van der Waals surface area contributed by atoms with Crippen LogP contribution in [0.15, 0.2) is 29.7 Å². The molecule has 3 heterocycles. The summed E-state index contributed by atoms with van der Waals surface area (Å²) in [6.07, 6.45) is 7.91. The molecule has 0 radical (unpaired) electrons. The molecular formula is C21H29N3S. The first-order valence-electron chi connectivity index (χ1n) is 9.06. The van der Waals surface area contributed by atoms with Crippen LogP contribution in [0.2, 0.25) is 0 Å². The number of aromatic nitrogens is 1. The molecule has 1 aliphatic heterocycles. The van der Waals surface area contributed by atoms with Crippen LogP contribution in [0, 0.1) is 11.3 Å². The van der Waals surface area contributed by atoms with Gasteiger partial charge in [0.25, 0.3) is 0 Å². The number of nitrogens with one attached hydrogen (secondary N) is 2. The average molecular weight is 356 g/mol. The Hall–Kier alpha value is -1.78. The lowest BCUT2D eigenvalue weighted by Crippen LogP contribution is -2.19. The Labute approximate surface area is 155 Å². The number of hydrogen-bond acceptors (Lipinski definition) is 4. The molecule has 0 unspecified atom stereocenters. The van der Waals surface area contributed by atoms with Gasteiger partial charge in [0.2, 0.25) is 0 Å². The molecule has 134 valence electrons. The van der Waals surface area contributed by atoms with Crippen LogP contribution >= 0.6 is 11.3 Å². The van der Waals surface area contributed by atoms with Crippen molar-refractivity contribution in [3.8, 4) is 0 Å². The topological polar surface area (TPSA) is 48.8 Å². The number of nitrogens with zero attached hydrogens (tertiary/aromatic N) is 1. The first kappa shape index (κ1) is 19.5. The summed E-state index contributed by atoms with van der Waals surface area (Å²) in [6.45, 7) is 10.6. The van der Waals surface area contributed by atoms with Gasteiger partial charge in [-0.15, -0.1) is 11.3 Å². The zero-order valence-electron chi connectivity index (χ0n) is 15.7. The lowest BCUT2D eigenvalue weighted by atomic mass is 10.0. The van der Waals surface area contributed by atoms with E-state index in [2.05, 4.69) is 43.6 Å². The average Bonchev–Trinajstić information content (AvgIpc) is 3.07. The van der Waals surface area contributed by atoms with Crippen molar-refractivity contribution in [1.29, 1.82) is 5.41 Å². The summed E-state index contributed by atoms with van der Waals surface area (Å²) in [5.41, 5.74) is 5.46. The Bertz CT molecular complexity index is 769. The van der Waals surface area contributed by atoms with Gasteiger partial charge in [0.1, 0.15) is 0 Å². The summed E-state index contributed by atoms with van der Waals surface area (Å²) in [5, 5.41) is 13.0. The quantitative estimate of drug-likeness (QED) is 0.683. The maximum absolute atomic E-state index is 7.47. The van der Waals surface area contributed by atoms with E-state index in [1.165, 1.54) is 28.5 Å². The minimum Gasteiger partial charge on any atom is -0.313 e. The van der Waals surface area contributed by atoms with Gasteiger partial charge < -0.3 is 10.7 Å². The van der Waals surface area contributed by atoms with Crippen molar-refractivity contribution < 1.29 is 0 Å². The minimum atomic E-state index is 0.864. The molecule has 2 aromatic heterocycles. The highest BCUT2D eigenvalue weighted by Gasteiger charge is 2.13. The van der Waals surface area contributed by atoms with E-state index in [0.717, 1.165) is 42.2 Å². The summed E-state index contributed by atoms with van der Waals surface area (Å²) in [4.78, 5) is 4.78. The third-order valence-corrected chi connectivity index (χ3v) is 5.34. The smallest absolute Gasteiger partial charge is 0.0892 e. The second-order valence-corrected chi connectivity index (χ2v) is 7.48. The van der Waals surface area contributed by atoms with Gasteiger partial charge in [-0.05, 0) is 43.5 Å². The number of hydrogen-bond donors (Lipinski definition) is 2. The van der Waals surface area contributed by atoms with Crippen molar-refractivity contribution in [1.82, 2.24) is 10.3 Å². The molecule has 3 nitrogen and oxygen atoms in total. The molecule has 4 heteroatoms. The Morgan fingerprint density at radius 1 is 1.40 bits per heavy atom. The largest absolute Gasteiger partial charge is 0.313 e. The molecule has 0 fully saturated rings. The fraction of sp³-hybridized carbons (Fsp3) is 0.429. The van der Waals surface area contributed by atoms with E-state index >= 15 is 0 Å². The van der Waals surface area contributed by atoms with Crippen molar-refractivity contribution in [2.24, 2.45) is 5.92 Å². The fourth-order valence-corrected chi connectivity index (χ4v) is 3.40. The Balaban J connectivity index is 0.000000399. The molecule has 0 aliphatic carbocycles. The Kier molecular flexibility index (Phi) is 7.53. The van der Waals surface area contributed by atoms with E-state index in [9.17, 15) is 0 Å². The number of rotatable bonds is 4. The van der Waals surface area contributed by atoms with Gasteiger partial charge in [-0.25, -0.2) is 4.98 Å². The molecule has 25 heavy (non-hydrogen) atoms. The number of thiophene rings is 1. The maximum Gasteiger partial charge on any atom is 0.0892 e. The van der Waals surface area contributed by atoms with Crippen LogP contribution in [0.25, 0.3) is 21.4 Å². The molecule has 0 aromatic carbocycles. The molecule has 0 spiro atoms. The number of pyridine rings is 1. The van der Waals surface area contributed by atoms with Gasteiger partial charge in [0.15, 0.2) is 0 Å². The van der Waals surface area contributed by atoms with Crippen LogP contribution in [0.5, 0.6) is 0 Å². The molecule has 0 atom stereocenters. The van der Waals surface area contributed by atoms with Gasteiger partial charge in [0, 0.05) is 29.3 Å². The van der Waals surface area contributed by atoms with Crippen molar-refractivity contribution >= 4 is 38.9 Å². The van der Waals surface area contributed by atoms with Crippen LogP contribution in [0.4, 0.5) is 0 Å². The van der Waals surface area contributed by atoms with Crippen molar-refractivity contribution in [2.75, 3.05) is 13.1 Å². The summed E-state index contributed by atoms with van der Waals surface area (Å²) in [5.74, 6) is 0.884. The third-order valence-electron chi connectivity index (χ3n) is 4.41. The predicted molar refractivity (Wildman–Crippen MR) is 113 cm³/mol. The van der Waals surface area contributed by atoms with Gasteiger partial charge >= 0.3 is 0 Å². The summed E-state index contributed by atoms with van der Waals surface area (Å²) in [7, 11) is 0. The molecule has 2 N–H and O–H groups in total. The SMILES string of the molecule is C/C=C(\C=N)c1ccc2scc(C3=CCNCC3)c2n1.CCC(C)C. The van der Waals surface area contributed by atoms with Gasteiger partial charge in [0.05, 0.1) is 15.9 Å². The van der Waals surface area contributed by atoms with Crippen molar-refractivity contribution in [3.63, 3.8) is 0 Å². The molecular weight excluding hydrogens is 326 g/mol. The molecule has 3 rings (SSSR count). The first-order valence-corrected chi connectivity index (χ1v) is 9.94. The standard InChI is InChI=1S/C16H17N3S.C5H12/c1-2-11(9-17)14-3-4-15-16(19-14)13(10-20-15)12-5-7-18-8-6-12;1-4-5(2)3/h2-5,9-10,17-18H,6-8H2,1H3;5H,4H2,1-3H3/b11-2+,17-9?;. The highest BCUT2D eigenvalue weighted by molar-refractivity contribution is 7.17. The van der Waals surface area contributed by atoms with E-state index in [1.54, 1.807) is 11.3 Å². The van der Waals surface area contributed by atoms with Crippen molar-refractivity contribution in [3.05, 3.63) is 40.9 Å². The zero-order valence-corrected chi connectivity index (χ0v) is 16.5. The second kappa shape index (κ2) is 9.64. The Morgan fingerprint density at radius 3 is 2.72 bits per heavy atom. The normalized spacial score (nSPS) is 14.9. The third kappa shape index (κ3) is 5.10. The fourth-order valence-electron chi connectivity index (χ4n) is 2.47. The van der Waals surface area contributed by atoms with E-state index in [0.29, 0.717) is 0 Å². The molecule has 0 saturated carbocycles. The minimum absolute atomic E-state index is 0.864. The van der Waals surface area contributed by atoms with Crippen molar-refractivity contribution in [2.45, 2.75) is 40.5 Å². The van der Waals surface area contributed by atoms with E-state index in [4.69, 9.17) is 10.4 Å². The lowest BCUT2D eigenvalue weighted by molar-refractivity contribution is 0.626. The number of allylic oxidation sites excluding steroid dienone is 2. The lowest BCUT2D eigenvalue weighted by Gasteiger charge is -2.13. The predicted octanol–water partition coefficient (Wildman–Crippen LogP) is 5.78. The van der Waals surface area contributed by atoms with Crippen LogP contribution in [-0.2, 0) is 0 Å².